The molecule has 0 N–H and O–H groups in total. The van der Waals surface area contributed by atoms with E-state index in [1.807, 2.05) is 16.8 Å². The third-order valence-corrected chi connectivity index (χ3v) is 3.44. The Bertz CT molecular complexity index is 582. The van der Waals surface area contributed by atoms with Crippen LogP contribution in [0, 0.1) is 0 Å². The minimum atomic E-state index is -0.441. The Morgan fingerprint density at radius 3 is 2.90 bits per heavy atom. The zero-order chi connectivity index (χ0) is 13.9. The molecule has 1 fully saturated rings. The molecule has 0 saturated carbocycles. The van der Waals surface area contributed by atoms with Crippen LogP contribution < -0.4 is 0 Å². The Morgan fingerprint density at radius 2 is 2.25 bits per heavy atom. The summed E-state index contributed by atoms with van der Waals surface area (Å²) in [5.74, 6) is 0.253. The van der Waals surface area contributed by atoms with Crippen LogP contribution in [0.4, 0.5) is 0 Å². The molecular formula is C14H16N2O4. The lowest BCUT2D eigenvalue weighted by Gasteiger charge is -2.23. The van der Waals surface area contributed by atoms with Gasteiger partial charge < -0.3 is 13.9 Å². The molecule has 106 valence electrons. The van der Waals surface area contributed by atoms with Gasteiger partial charge in [-0.3, -0.25) is 4.68 Å². The summed E-state index contributed by atoms with van der Waals surface area (Å²) in [6, 6.07) is 5.59. The van der Waals surface area contributed by atoms with Crippen LogP contribution in [-0.4, -0.2) is 36.1 Å². The molecule has 0 bridgehead atoms. The van der Waals surface area contributed by atoms with Gasteiger partial charge in [0.15, 0.2) is 11.5 Å². The van der Waals surface area contributed by atoms with Gasteiger partial charge in [0.1, 0.15) is 5.69 Å². The van der Waals surface area contributed by atoms with Gasteiger partial charge in [-0.1, -0.05) is 0 Å². The average molecular weight is 276 g/mol. The topological polar surface area (TPSA) is 66.5 Å². The summed E-state index contributed by atoms with van der Waals surface area (Å²) in [6.45, 7) is 1.41. The lowest BCUT2D eigenvalue weighted by molar-refractivity contribution is 0.0583. The van der Waals surface area contributed by atoms with Crippen molar-refractivity contribution in [1.82, 2.24) is 9.78 Å². The van der Waals surface area contributed by atoms with E-state index in [2.05, 4.69) is 5.10 Å². The van der Waals surface area contributed by atoms with Crippen molar-refractivity contribution in [3.63, 3.8) is 0 Å². The largest absolute Gasteiger partial charge is 0.464 e. The molecule has 0 aliphatic carbocycles. The van der Waals surface area contributed by atoms with Gasteiger partial charge in [-0.2, -0.15) is 5.10 Å². The number of esters is 1. The Balaban J connectivity index is 2.01. The summed E-state index contributed by atoms with van der Waals surface area (Å²) in [4.78, 5) is 11.7. The quantitative estimate of drug-likeness (QED) is 0.805. The van der Waals surface area contributed by atoms with Crippen molar-refractivity contribution >= 4 is 5.97 Å². The third kappa shape index (κ3) is 2.34. The van der Waals surface area contributed by atoms with Gasteiger partial charge in [-0.05, 0) is 25.0 Å². The van der Waals surface area contributed by atoms with Crippen LogP contribution >= 0.6 is 0 Å². The van der Waals surface area contributed by atoms with Crippen molar-refractivity contribution < 1.29 is 18.7 Å². The van der Waals surface area contributed by atoms with Crippen LogP contribution in [-0.2, 0) is 9.47 Å². The highest BCUT2D eigenvalue weighted by atomic mass is 16.5. The summed E-state index contributed by atoms with van der Waals surface area (Å²) in [5.41, 5.74) is 1.09. The molecular weight excluding hydrogens is 260 g/mol. The summed E-state index contributed by atoms with van der Waals surface area (Å²) in [5, 5.41) is 4.39. The molecule has 1 saturated heterocycles. The van der Waals surface area contributed by atoms with Crippen molar-refractivity contribution in [1.29, 1.82) is 0 Å². The fourth-order valence-corrected chi connectivity index (χ4v) is 2.42. The molecule has 1 aliphatic heterocycles. The van der Waals surface area contributed by atoms with E-state index < -0.39 is 5.97 Å². The Hall–Kier alpha value is -2.08. The molecule has 0 atom stereocenters. The maximum absolute atomic E-state index is 11.7. The second-order valence-electron chi connectivity index (χ2n) is 4.67. The molecule has 1 aliphatic rings. The predicted molar refractivity (Wildman–Crippen MR) is 70.4 cm³/mol. The zero-order valence-electron chi connectivity index (χ0n) is 11.2. The Kier molecular flexibility index (Phi) is 3.56. The van der Waals surface area contributed by atoms with Crippen molar-refractivity contribution in [2.75, 3.05) is 20.3 Å². The molecule has 20 heavy (non-hydrogen) atoms. The van der Waals surface area contributed by atoms with Crippen LogP contribution in [0.15, 0.2) is 28.9 Å². The number of methoxy groups -OCH3 is 1. The van der Waals surface area contributed by atoms with E-state index in [4.69, 9.17) is 13.9 Å². The number of nitrogens with zero attached hydrogens (tertiary/aromatic N) is 2. The summed E-state index contributed by atoms with van der Waals surface area (Å²) in [7, 11) is 1.35. The first-order valence-corrected chi connectivity index (χ1v) is 6.59. The van der Waals surface area contributed by atoms with Crippen molar-refractivity contribution in [3.8, 4) is 11.5 Å². The molecule has 0 amide bonds. The highest BCUT2D eigenvalue weighted by Gasteiger charge is 2.24. The number of carbonyl (C=O) groups is 1. The van der Waals surface area contributed by atoms with E-state index in [0.29, 0.717) is 24.7 Å². The van der Waals surface area contributed by atoms with Crippen LogP contribution in [0.3, 0.4) is 0 Å². The number of hydrogen-bond donors (Lipinski definition) is 0. The van der Waals surface area contributed by atoms with Crippen LogP contribution in [0.1, 0.15) is 29.4 Å². The second kappa shape index (κ2) is 5.50. The maximum Gasteiger partial charge on any atom is 0.358 e. The smallest absolute Gasteiger partial charge is 0.358 e. The SMILES string of the molecule is COC(=O)c1cc(-c2ccco2)n(C2CCOCC2)n1. The van der Waals surface area contributed by atoms with Gasteiger partial charge >= 0.3 is 5.97 Å². The van der Waals surface area contributed by atoms with E-state index in [-0.39, 0.29) is 6.04 Å². The molecule has 6 heteroatoms. The molecule has 3 heterocycles. The number of ether oxygens (including phenoxy) is 2. The maximum atomic E-state index is 11.7. The second-order valence-corrected chi connectivity index (χ2v) is 4.67. The normalized spacial score (nSPS) is 16.2. The van der Waals surface area contributed by atoms with Crippen molar-refractivity contribution in [3.05, 3.63) is 30.2 Å². The standard InChI is InChI=1S/C14H16N2O4/c1-18-14(17)11-9-12(13-3-2-6-20-13)16(15-11)10-4-7-19-8-5-10/h2-3,6,9-10H,4-5,7-8H2,1H3. The number of rotatable bonds is 3. The average Bonchev–Trinajstić information content (AvgIpc) is 3.16. The molecule has 6 nitrogen and oxygen atoms in total. The molecule has 2 aromatic heterocycles. The first kappa shape index (κ1) is 12.9. The monoisotopic (exact) mass is 276 g/mol. The third-order valence-electron chi connectivity index (χ3n) is 3.44. The van der Waals surface area contributed by atoms with Crippen molar-refractivity contribution in [2.45, 2.75) is 18.9 Å². The van der Waals surface area contributed by atoms with Crippen molar-refractivity contribution in [2.24, 2.45) is 0 Å². The van der Waals surface area contributed by atoms with Gasteiger partial charge in [0.05, 0.1) is 19.4 Å². The first-order valence-electron chi connectivity index (χ1n) is 6.59. The van der Waals surface area contributed by atoms with Gasteiger partial charge in [0.2, 0.25) is 0 Å². The summed E-state index contributed by atoms with van der Waals surface area (Å²) in [6.07, 6.45) is 3.35. The van der Waals surface area contributed by atoms with Crippen LogP contribution in [0.5, 0.6) is 0 Å². The molecule has 0 radical (unpaired) electrons. The Morgan fingerprint density at radius 1 is 1.45 bits per heavy atom. The van der Waals surface area contributed by atoms with Gasteiger partial charge in [0, 0.05) is 19.3 Å². The summed E-state index contributed by atoms with van der Waals surface area (Å²) >= 11 is 0. The van der Waals surface area contributed by atoms with E-state index in [0.717, 1.165) is 18.5 Å². The number of hydrogen-bond acceptors (Lipinski definition) is 5. The van der Waals surface area contributed by atoms with E-state index >= 15 is 0 Å². The lowest BCUT2D eigenvalue weighted by Crippen LogP contribution is -2.21. The minimum Gasteiger partial charge on any atom is -0.464 e. The predicted octanol–water partition coefficient (Wildman–Crippen LogP) is 2.28. The Labute approximate surface area is 116 Å². The molecule has 0 unspecified atom stereocenters. The number of furan rings is 1. The fraction of sp³-hybridized carbons (Fsp3) is 0.429. The van der Waals surface area contributed by atoms with Gasteiger partial charge in [-0.15, -0.1) is 0 Å². The highest BCUT2D eigenvalue weighted by Crippen LogP contribution is 2.29. The molecule has 0 aromatic carbocycles. The molecule has 2 aromatic rings. The van der Waals surface area contributed by atoms with Crippen LogP contribution in [0.2, 0.25) is 0 Å². The zero-order valence-corrected chi connectivity index (χ0v) is 11.2. The van der Waals surface area contributed by atoms with E-state index in [9.17, 15) is 4.79 Å². The van der Waals surface area contributed by atoms with Gasteiger partial charge in [-0.25, -0.2) is 4.79 Å². The molecule has 0 spiro atoms. The van der Waals surface area contributed by atoms with E-state index in [1.54, 1.807) is 12.3 Å². The first-order chi connectivity index (χ1) is 9.79. The lowest BCUT2D eigenvalue weighted by atomic mass is 10.1. The van der Waals surface area contributed by atoms with E-state index in [1.165, 1.54) is 7.11 Å². The highest BCUT2D eigenvalue weighted by molar-refractivity contribution is 5.88. The fourth-order valence-electron chi connectivity index (χ4n) is 2.42. The minimum absolute atomic E-state index is 0.210. The van der Waals surface area contributed by atoms with Crippen LogP contribution in [0.25, 0.3) is 11.5 Å². The van der Waals surface area contributed by atoms with Gasteiger partial charge in [0.25, 0.3) is 0 Å². The number of carbonyl (C=O) groups excluding carboxylic acids is 1. The number of aromatic nitrogens is 2. The summed E-state index contributed by atoms with van der Waals surface area (Å²) < 4.78 is 17.4. The molecule has 3 rings (SSSR count).